The second-order valence-electron chi connectivity index (χ2n) is 11.9. The summed E-state index contributed by atoms with van der Waals surface area (Å²) < 4.78 is 35.6. The molecule has 3 N–H and O–H groups in total. The fourth-order valence-corrected chi connectivity index (χ4v) is 6.90. The summed E-state index contributed by atoms with van der Waals surface area (Å²) in [5.74, 6) is -0.338. The standard InChI is InChI=1S/C34H36N6O5S/c1-23-8-6-9-24(2)30(23)28-19-29-38-32(37-28)39-46(43,44)27-13-7-12-26(18-27)31(41)36-21-34(22-45-29)14-16-40(17-15-34)33(42)35-20-25-10-4-3-5-11-25/h3-13,18-19H,14-17,20-22H2,1-2H3,(H,35,42)(H,36,41)(H,37,38,39). The molecule has 0 unspecified atom stereocenters. The molecule has 3 heterocycles. The summed E-state index contributed by atoms with van der Waals surface area (Å²) in [6, 6.07) is 23.0. The van der Waals surface area contributed by atoms with E-state index in [1.165, 1.54) is 18.2 Å². The Morgan fingerprint density at radius 1 is 0.957 bits per heavy atom. The maximum atomic E-state index is 13.4. The van der Waals surface area contributed by atoms with E-state index < -0.39 is 21.3 Å². The van der Waals surface area contributed by atoms with E-state index in [1.807, 2.05) is 62.4 Å². The van der Waals surface area contributed by atoms with Crippen LogP contribution in [0.25, 0.3) is 11.3 Å². The van der Waals surface area contributed by atoms with Crippen molar-refractivity contribution in [3.63, 3.8) is 0 Å². The molecule has 2 aliphatic heterocycles. The number of ether oxygens (including phenoxy) is 1. The molecule has 1 fully saturated rings. The van der Waals surface area contributed by atoms with E-state index in [9.17, 15) is 18.0 Å². The first-order valence-electron chi connectivity index (χ1n) is 15.2. The molecule has 1 spiro atoms. The molecule has 3 amide bonds. The minimum Gasteiger partial charge on any atom is -0.477 e. The van der Waals surface area contributed by atoms with Crippen molar-refractivity contribution in [2.24, 2.45) is 5.41 Å². The smallest absolute Gasteiger partial charge is 0.317 e. The number of anilines is 1. The predicted octanol–water partition coefficient (Wildman–Crippen LogP) is 4.68. The fourth-order valence-electron chi connectivity index (χ4n) is 5.91. The van der Waals surface area contributed by atoms with Crippen LogP contribution < -0.4 is 20.1 Å². The molecule has 0 atom stereocenters. The Morgan fingerprint density at radius 3 is 2.41 bits per heavy atom. The number of aromatic nitrogens is 2. The number of likely N-dealkylation sites (tertiary alicyclic amines) is 1. The van der Waals surface area contributed by atoms with Crippen molar-refractivity contribution >= 4 is 27.9 Å². The van der Waals surface area contributed by atoms with E-state index in [0.29, 0.717) is 38.2 Å². The third-order valence-electron chi connectivity index (χ3n) is 8.62. The summed E-state index contributed by atoms with van der Waals surface area (Å²) in [6.45, 7) is 5.75. The number of sulfonamides is 1. The number of hydrogen-bond acceptors (Lipinski definition) is 7. The van der Waals surface area contributed by atoms with Crippen molar-refractivity contribution in [2.75, 3.05) is 31.0 Å². The van der Waals surface area contributed by atoms with Gasteiger partial charge in [0.1, 0.15) is 0 Å². The van der Waals surface area contributed by atoms with Gasteiger partial charge in [-0.05, 0) is 61.6 Å². The van der Waals surface area contributed by atoms with Gasteiger partial charge in [0.25, 0.3) is 15.9 Å². The molecular formula is C34H36N6O5S. The van der Waals surface area contributed by atoms with E-state index >= 15 is 0 Å². The highest BCUT2D eigenvalue weighted by atomic mass is 32.2. The molecule has 4 aromatic rings. The highest BCUT2D eigenvalue weighted by molar-refractivity contribution is 7.92. The lowest BCUT2D eigenvalue weighted by molar-refractivity contribution is 0.0592. The molecule has 6 rings (SSSR count). The van der Waals surface area contributed by atoms with Crippen LogP contribution in [-0.4, -0.2) is 61.5 Å². The van der Waals surface area contributed by atoms with Crippen molar-refractivity contribution in [1.29, 1.82) is 0 Å². The number of rotatable bonds is 3. The number of aryl methyl sites for hydroxylation is 2. The molecule has 3 aromatic carbocycles. The summed E-state index contributed by atoms with van der Waals surface area (Å²) >= 11 is 0. The first kappa shape index (κ1) is 31.0. The highest BCUT2D eigenvalue weighted by Gasteiger charge is 2.38. The van der Waals surface area contributed by atoms with Gasteiger partial charge in [-0.3, -0.25) is 4.79 Å². The number of nitrogens with zero attached hydrogens (tertiary/aromatic N) is 3. The van der Waals surface area contributed by atoms with Crippen LogP contribution in [0, 0.1) is 19.3 Å². The fraction of sp³-hybridized carbons (Fsp3) is 0.294. The molecule has 0 aliphatic carbocycles. The number of hydrogen-bond donors (Lipinski definition) is 3. The van der Waals surface area contributed by atoms with Crippen LogP contribution >= 0.6 is 0 Å². The van der Waals surface area contributed by atoms with Crippen molar-refractivity contribution in [3.8, 4) is 17.1 Å². The van der Waals surface area contributed by atoms with Crippen molar-refractivity contribution < 1.29 is 22.7 Å². The van der Waals surface area contributed by atoms with Gasteiger partial charge in [-0.1, -0.05) is 54.6 Å². The lowest BCUT2D eigenvalue weighted by Crippen LogP contribution is -2.52. The van der Waals surface area contributed by atoms with Crippen LogP contribution in [-0.2, 0) is 16.6 Å². The average molecular weight is 641 g/mol. The number of carbonyl (C=O) groups excluding carboxylic acids is 2. The molecule has 238 valence electrons. The van der Waals surface area contributed by atoms with Crippen LogP contribution in [0.4, 0.5) is 10.7 Å². The molecule has 11 nitrogen and oxygen atoms in total. The molecule has 12 heteroatoms. The van der Waals surface area contributed by atoms with Crippen molar-refractivity contribution in [1.82, 2.24) is 25.5 Å². The first-order valence-corrected chi connectivity index (χ1v) is 16.7. The number of benzene rings is 3. The summed E-state index contributed by atoms with van der Waals surface area (Å²) in [5, 5.41) is 5.99. The van der Waals surface area contributed by atoms with Gasteiger partial charge in [-0.15, -0.1) is 0 Å². The number of fused-ring (bicyclic) bond motifs is 4. The summed E-state index contributed by atoms with van der Waals surface area (Å²) in [4.78, 5) is 37.0. The second-order valence-corrected chi connectivity index (χ2v) is 13.6. The topological polar surface area (TPSA) is 143 Å². The maximum absolute atomic E-state index is 13.4. The van der Waals surface area contributed by atoms with Crippen LogP contribution in [0.15, 0.2) is 83.8 Å². The first-order chi connectivity index (χ1) is 22.1. The van der Waals surface area contributed by atoms with E-state index in [4.69, 9.17) is 4.74 Å². The van der Waals surface area contributed by atoms with Crippen LogP contribution in [0.1, 0.15) is 39.9 Å². The molecule has 1 saturated heterocycles. The molecule has 46 heavy (non-hydrogen) atoms. The Hall–Kier alpha value is -4.97. The SMILES string of the molecule is Cc1cccc(C)c1-c1cc2nc(n1)NS(=O)(=O)c1cccc(c1)C(=O)NCC1(CCN(C(=O)NCc3ccccc3)CC1)CO2. The van der Waals surface area contributed by atoms with E-state index in [1.54, 1.807) is 17.0 Å². The van der Waals surface area contributed by atoms with Crippen LogP contribution in [0.5, 0.6) is 5.88 Å². The van der Waals surface area contributed by atoms with Gasteiger partial charge in [0.2, 0.25) is 11.8 Å². The lowest BCUT2D eigenvalue weighted by atomic mass is 9.79. The molecule has 0 saturated carbocycles. The van der Waals surface area contributed by atoms with E-state index in [0.717, 1.165) is 22.3 Å². The third kappa shape index (κ3) is 6.81. The van der Waals surface area contributed by atoms with E-state index in [2.05, 4.69) is 25.3 Å². The number of urea groups is 1. The van der Waals surface area contributed by atoms with Crippen molar-refractivity contribution in [3.05, 3.63) is 101 Å². The Balaban J connectivity index is 1.30. The number of nitrogens with one attached hydrogen (secondary N) is 3. The average Bonchev–Trinajstić information content (AvgIpc) is 3.05. The quantitative estimate of drug-likeness (QED) is 0.295. The number of carbonyl (C=O) groups is 2. The largest absolute Gasteiger partial charge is 0.477 e. The van der Waals surface area contributed by atoms with Gasteiger partial charge in [0.05, 0.1) is 17.2 Å². The van der Waals surface area contributed by atoms with Gasteiger partial charge >= 0.3 is 6.03 Å². The third-order valence-corrected chi connectivity index (χ3v) is 9.95. The second kappa shape index (κ2) is 12.8. The summed E-state index contributed by atoms with van der Waals surface area (Å²) in [7, 11) is -4.13. The van der Waals surface area contributed by atoms with Gasteiger partial charge < -0.3 is 20.3 Å². The van der Waals surface area contributed by atoms with Crippen LogP contribution in [0.2, 0.25) is 0 Å². The Morgan fingerprint density at radius 2 is 1.67 bits per heavy atom. The zero-order valence-electron chi connectivity index (χ0n) is 25.7. The van der Waals surface area contributed by atoms with Gasteiger partial charge in [0, 0.05) is 48.8 Å². The molecular weight excluding hydrogens is 604 g/mol. The van der Waals surface area contributed by atoms with E-state index in [-0.39, 0.29) is 41.5 Å². The molecule has 4 bridgehead atoms. The van der Waals surface area contributed by atoms with Crippen molar-refractivity contribution in [2.45, 2.75) is 38.1 Å². The highest BCUT2D eigenvalue weighted by Crippen LogP contribution is 2.34. The summed E-state index contributed by atoms with van der Waals surface area (Å²) in [5.41, 5.74) is 4.02. The lowest BCUT2D eigenvalue weighted by Gasteiger charge is -2.41. The Kier molecular flexibility index (Phi) is 8.63. The molecule has 1 aromatic heterocycles. The van der Waals surface area contributed by atoms with Gasteiger partial charge in [-0.2, -0.15) is 4.98 Å². The monoisotopic (exact) mass is 640 g/mol. The zero-order valence-corrected chi connectivity index (χ0v) is 26.6. The molecule has 0 radical (unpaired) electrons. The Labute approximate surface area is 268 Å². The minimum atomic E-state index is -4.13. The van der Waals surface area contributed by atoms with Gasteiger partial charge in [0.15, 0.2) is 0 Å². The minimum absolute atomic E-state index is 0.0923. The van der Waals surface area contributed by atoms with Gasteiger partial charge in [-0.25, -0.2) is 22.9 Å². The zero-order chi connectivity index (χ0) is 32.3. The summed E-state index contributed by atoms with van der Waals surface area (Å²) in [6.07, 6.45) is 1.14. The number of piperidine rings is 1. The molecule has 2 aliphatic rings. The van der Waals surface area contributed by atoms with Crippen LogP contribution in [0.3, 0.4) is 0 Å². The number of amides is 3. The predicted molar refractivity (Wildman–Crippen MR) is 174 cm³/mol. The normalized spacial score (nSPS) is 17.2. The maximum Gasteiger partial charge on any atom is 0.317 e. The Bertz CT molecular complexity index is 1850.